The Bertz CT molecular complexity index is 1310. The summed E-state index contributed by atoms with van der Waals surface area (Å²) in [6, 6.07) is 13.8. The number of pyridine rings is 1. The molecular weight excluding hydrogens is 476 g/mol. The van der Waals surface area contributed by atoms with Crippen molar-refractivity contribution < 1.29 is 27.2 Å². The Kier molecular flexibility index (Phi) is 6.75. The molecule has 1 aliphatic rings. The topological polar surface area (TPSA) is 86.1 Å². The average molecular weight is 496 g/mol. The van der Waals surface area contributed by atoms with Gasteiger partial charge in [0.2, 0.25) is 0 Å². The molecule has 3 aromatic rings. The molecule has 1 fully saturated rings. The number of carbonyl (C=O) groups is 2. The third-order valence-corrected chi connectivity index (χ3v) is 6.12. The van der Waals surface area contributed by atoms with Gasteiger partial charge in [0.15, 0.2) is 0 Å². The van der Waals surface area contributed by atoms with Crippen molar-refractivity contribution in [3.8, 4) is 6.07 Å². The van der Waals surface area contributed by atoms with E-state index < -0.39 is 34.9 Å². The van der Waals surface area contributed by atoms with Crippen molar-refractivity contribution >= 4 is 17.5 Å². The first-order valence-corrected chi connectivity index (χ1v) is 11.0. The van der Waals surface area contributed by atoms with Crippen LogP contribution in [-0.4, -0.2) is 34.8 Å². The van der Waals surface area contributed by atoms with Gasteiger partial charge in [0, 0.05) is 43.9 Å². The number of hydrogen-bond donors (Lipinski definition) is 1. The van der Waals surface area contributed by atoms with Gasteiger partial charge in [-0.05, 0) is 48.0 Å². The molecule has 1 N–H and O–H groups in total. The lowest BCUT2D eigenvalue weighted by atomic mass is 9.85. The quantitative estimate of drug-likeness (QED) is 0.495. The molecule has 0 atom stereocenters. The molecule has 0 spiro atoms. The molecule has 4 rings (SSSR count). The molecule has 2 aromatic carbocycles. The summed E-state index contributed by atoms with van der Waals surface area (Å²) in [4.78, 5) is 30.7. The Morgan fingerprint density at radius 3 is 2.31 bits per heavy atom. The Morgan fingerprint density at radius 1 is 1.03 bits per heavy atom. The van der Waals surface area contributed by atoms with Crippen molar-refractivity contribution in [1.82, 2.24) is 9.88 Å². The number of nitrogens with zero attached hydrogens (tertiary/aromatic N) is 3. The number of benzene rings is 2. The van der Waals surface area contributed by atoms with Crippen molar-refractivity contribution in [2.75, 3.05) is 18.4 Å². The third kappa shape index (κ3) is 5.20. The molecule has 2 heterocycles. The standard InChI is InChI=1S/C26H20F4N4O2/c27-25(20-6-3-17(15-31)4-7-20)9-12-34(13-10-25)24(36)18-5-8-21(26(28,29)30)22(14-18)33-23(35)19-2-1-11-32-16-19/h1-8,11,14,16H,9-10,12-13H2,(H,33,35). The van der Waals surface area contributed by atoms with Crippen LogP contribution in [0.15, 0.2) is 67.0 Å². The number of hydrogen-bond acceptors (Lipinski definition) is 4. The summed E-state index contributed by atoms with van der Waals surface area (Å²) in [5.41, 5.74) is -2.54. The van der Waals surface area contributed by atoms with E-state index in [4.69, 9.17) is 5.26 Å². The Labute approximate surface area is 204 Å². The van der Waals surface area contributed by atoms with Crippen LogP contribution in [0.1, 0.15) is 50.2 Å². The van der Waals surface area contributed by atoms with Gasteiger partial charge >= 0.3 is 6.18 Å². The molecule has 36 heavy (non-hydrogen) atoms. The molecule has 1 aromatic heterocycles. The van der Waals surface area contributed by atoms with Gasteiger partial charge in [-0.2, -0.15) is 18.4 Å². The predicted molar refractivity (Wildman–Crippen MR) is 123 cm³/mol. The van der Waals surface area contributed by atoms with E-state index in [0.29, 0.717) is 11.1 Å². The number of amides is 2. The Balaban J connectivity index is 1.53. The largest absolute Gasteiger partial charge is 0.418 e. The fourth-order valence-corrected chi connectivity index (χ4v) is 4.10. The van der Waals surface area contributed by atoms with Crippen LogP contribution < -0.4 is 5.32 Å². The van der Waals surface area contributed by atoms with Crippen molar-refractivity contribution in [3.63, 3.8) is 0 Å². The highest BCUT2D eigenvalue weighted by Crippen LogP contribution is 2.38. The van der Waals surface area contributed by atoms with Gasteiger partial charge in [-0.3, -0.25) is 14.6 Å². The summed E-state index contributed by atoms with van der Waals surface area (Å²) in [6.45, 7) is 0.0987. The van der Waals surface area contributed by atoms with Crippen molar-refractivity contribution in [1.29, 1.82) is 5.26 Å². The number of carbonyl (C=O) groups excluding carboxylic acids is 2. The number of piperidine rings is 1. The maximum Gasteiger partial charge on any atom is 0.418 e. The number of alkyl halides is 4. The highest BCUT2D eigenvalue weighted by atomic mass is 19.4. The number of nitriles is 1. The molecule has 6 nitrogen and oxygen atoms in total. The first-order valence-electron chi connectivity index (χ1n) is 11.0. The van der Waals surface area contributed by atoms with Crippen molar-refractivity contribution in [3.05, 3.63) is 94.8 Å². The molecule has 0 bridgehead atoms. The van der Waals surface area contributed by atoms with Gasteiger partial charge in [-0.1, -0.05) is 12.1 Å². The molecule has 10 heteroatoms. The molecule has 184 valence electrons. The van der Waals surface area contributed by atoms with Crippen LogP contribution in [0.3, 0.4) is 0 Å². The van der Waals surface area contributed by atoms with E-state index >= 15 is 4.39 Å². The SMILES string of the molecule is N#Cc1ccc(C2(F)CCN(C(=O)c3ccc(C(F)(F)F)c(NC(=O)c4cccnc4)c3)CC2)cc1. The van der Waals surface area contributed by atoms with Crippen LogP contribution in [0.25, 0.3) is 0 Å². The summed E-state index contributed by atoms with van der Waals surface area (Å²) in [7, 11) is 0. The molecule has 0 radical (unpaired) electrons. The normalized spacial score (nSPS) is 15.1. The van der Waals surface area contributed by atoms with E-state index in [1.165, 1.54) is 41.6 Å². The number of nitrogens with one attached hydrogen (secondary N) is 1. The number of likely N-dealkylation sites (tertiary alicyclic amines) is 1. The van der Waals surface area contributed by atoms with Gasteiger partial charge in [0.25, 0.3) is 11.8 Å². The maximum atomic E-state index is 15.5. The molecule has 0 saturated carbocycles. The summed E-state index contributed by atoms with van der Waals surface area (Å²) in [5, 5.41) is 11.1. The number of rotatable bonds is 4. The third-order valence-electron chi connectivity index (χ3n) is 6.12. The fourth-order valence-electron chi connectivity index (χ4n) is 4.10. The van der Waals surface area contributed by atoms with E-state index in [1.807, 2.05) is 6.07 Å². The van der Waals surface area contributed by atoms with Gasteiger partial charge in [-0.25, -0.2) is 4.39 Å². The summed E-state index contributed by atoms with van der Waals surface area (Å²) < 4.78 is 56.2. The minimum absolute atomic E-state index is 0.00409. The second-order valence-corrected chi connectivity index (χ2v) is 8.40. The second kappa shape index (κ2) is 9.77. The van der Waals surface area contributed by atoms with Gasteiger partial charge < -0.3 is 10.2 Å². The van der Waals surface area contributed by atoms with Crippen molar-refractivity contribution in [2.45, 2.75) is 24.7 Å². The smallest absolute Gasteiger partial charge is 0.338 e. The first kappa shape index (κ1) is 24.9. The van der Waals surface area contributed by atoms with E-state index in [1.54, 1.807) is 12.1 Å². The Hall–Kier alpha value is -4.26. The predicted octanol–water partition coefficient (Wildman–Crippen LogP) is 5.33. The summed E-state index contributed by atoms with van der Waals surface area (Å²) >= 11 is 0. The number of anilines is 1. The van der Waals surface area contributed by atoms with E-state index in [2.05, 4.69) is 10.3 Å². The zero-order valence-corrected chi connectivity index (χ0v) is 18.8. The Morgan fingerprint density at radius 2 is 1.72 bits per heavy atom. The number of halogens is 4. The fraction of sp³-hybridized carbons (Fsp3) is 0.231. The lowest BCUT2D eigenvalue weighted by molar-refractivity contribution is -0.136. The van der Waals surface area contributed by atoms with Crippen LogP contribution in [0, 0.1) is 11.3 Å². The average Bonchev–Trinajstić information content (AvgIpc) is 2.88. The van der Waals surface area contributed by atoms with Gasteiger partial charge in [0.05, 0.1) is 28.4 Å². The van der Waals surface area contributed by atoms with Crippen LogP contribution in [0.4, 0.5) is 23.2 Å². The highest BCUT2D eigenvalue weighted by molar-refractivity contribution is 6.05. The summed E-state index contributed by atoms with van der Waals surface area (Å²) in [5.74, 6) is -1.37. The first-order chi connectivity index (χ1) is 17.1. The van der Waals surface area contributed by atoms with Crippen molar-refractivity contribution in [2.24, 2.45) is 0 Å². The molecule has 1 aliphatic heterocycles. The van der Waals surface area contributed by atoms with Crippen LogP contribution >= 0.6 is 0 Å². The maximum absolute atomic E-state index is 15.5. The van der Waals surface area contributed by atoms with E-state index in [9.17, 15) is 22.8 Å². The van der Waals surface area contributed by atoms with Crippen LogP contribution in [0.5, 0.6) is 0 Å². The zero-order valence-electron chi connectivity index (χ0n) is 18.8. The lowest BCUT2D eigenvalue weighted by Gasteiger charge is -2.37. The molecule has 2 amide bonds. The monoisotopic (exact) mass is 496 g/mol. The number of aromatic nitrogens is 1. The second-order valence-electron chi connectivity index (χ2n) is 8.40. The van der Waals surface area contributed by atoms with Crippen LogP contribution in [-0.2, 0) is 11.8 Å². The van der Waals surface area contributed by atoms with E-state index in [-0.39, 0.29) is 37.1 Å². The van der Waals surface area contributed by atoms with Gasteiger partial charge in [0.1, 0.15) is 5.67 Å². The minimum atomic E-state index is -4.76. The zero-order chi connectivity index (χ0) is 25.9. The molecule has 0 unspecified atom stereocenters. The molecule has 0 aliphatic carbocycles. The molecule has 1 saturated heterocycles. The minimum Gasteiger partial charge on any atom is -0.338 e. The van der Waals surface area contributed by atoms with Crippen LogP contribution in [0.2, 0.25) is 0 Å². The lowest BCUT2D eigenvalue weighted by Crippen LogP contribution is -2.43. The van der Waals surface area contributed by atoms with Gasteiger partial charge in [-0.15, -0.1) is 0 Å². The summed E-state index contributed by atoms with van der Waals surface area (Å²) in [6.07, 6.45) is -2.14. The highest BCUT2D eigenvalue weighted by Gasteiger charge is 2.38. The van der Waals surface area contributed by atoms with E-state index in [0.717, 1.165) is 18.2 Å². The molecular formula is C26H20F4N4O2.